The molecule has 3 rings (SSSR count). The van der Waals surface area contributed by atoms with Gasteiger partial charge >= 0.3 is 0 Å². The molecule has 0 saturated carbocycles. The highest BCUT2D eigenvalue weighted by molar-refractivity contribution is 7.89. The second-order valence-corrected chi connectivity index (χ2v) is 7.03. The lowest BCUT2D eigenvalue weighted by Crippen LogP contribution is -2.41. The van der Waals surface area contributed by atoms with Crippen LogP contribution in [0.5, 0.6) is 0 Å². The maximum absolute atomic E-state index is 12.4. The van der Waals surface area contributed by atoms with Gasteiger partial charge in [0.25, 0.3) is 0 Å². The summed E-state index contributed by atoms with van der Waals surface area (Å²) >= 11 is 0. The first-order valence-electron chi connectivity index (χ1n) is 6.78. The smallest absolute Gasteiger partial charge is 0.242 e. The van der Waals surface area contributed by atoms with Gasteiger partial charge in [0, 0.05) is 24.9 Å². The lowest BCUT2D eigenvalue weighted by Gasteiger charge is -2.23. The molecular weight excluding hydrogens is 290 g/mol. The Kier molecular flexibility index (Phi) is 3.50. The molecular formula is C13H17N5O2S. The number of nitrogens with one attached hydrogen (secondary N) is 1. The van der Waals surface area contributed by atoms with Gasteiger partial charge in [0.2, 0.25) is 10.0 Å². The molecule has 21 heavy (non-hydrogen) atoms. The van der Waals surface area contributed by atoms with Gasteiger partial charge in [-0.1, -0.05) is 0 Å². The number of pyridine rings is 1. The molecule has 0 aromatic carbocycles. The van der Waals surface area contributed by atoms with E-state index in [0.717, 1.165) is 30.1 Å². The van der Waals surface area contributed by atoms with Crippen LogP contribution in [-0.2, 0) is 23.0 Å². The van der Waals surface area contributed by atoms with Crippen molar-refractivity contribution < 1.29 is 8.42 Å². The number of fused-ring (bicyclic) bond motifs is 1. The second-order valence-electron chi connectivity index (χ2n) is 5.31. The zero-order valence-corrected chi connectivity index (χ0v) is 12.8. The van der Waals surface area contributed by atoms with Crippen molar-refractivity contribution in [1.29, 1.82) is 0 Å². The SMILES string of the molecule is Cc1cncc(S(=O)(=O)NC2CCc3nc(C)nn3C2)c1. The van der Waals surface area contributed by atoms with E-state index in [1.165, 1.54) is 6.20 Å². The number of nitrogens with zero attached hydrogens (tertiary/aromatic N) is 4. The lowest BCUT2D eigenvalue weighted by atomic mass is 10.1. The standard InChI is InChI=1S/C13H17N5O2S/c1-9-5-12(7-14-6-9)21(19,20)17-11-3-4-13-15-10(2)16-18(13)8-11/h5-7,11,17H,3-4,8H2,1-2H3. The average molecular weight is 307 g/mol. The number of rotatable bonds is 3. The molecule has 8 heteroatoms. The van der Waals surface area contributed by atoms with Crippen molar-refractivity contribution >= 4 is 10.0 Å². The van der Waals surface area contributed by atoms with Crippen molar-refractivity contribution in [3.05, 3.63) is 35.7 Å². The Hall–Kier alpha value is -1.80. The largest absolute Gasteiger partial charge is 0.263 e. The minimum absolute atomic E-state index is 0.177. The minimum atomic E-state index is -3.55. The number of aromatic nitrogens is 4. The van der Waals surface area contributed by atoms with Crippen molar-refractivity contribution in [3.8, 4) is 0 Å². The fourth-order valence-corrected chi connectivity index (χ4v) is 3.80. The van der Waals surface area contributed by atoms with Crippen molar-refractivity contribution in [1.82, 2.24) is 24.5 Å². The Morgan fingerprint density at radius 1 is 1.33 bits per heavy atom. The summed E-state index contributed by atoms with van der Waals surface area (Å²) in [6.07, 6.45) is 4.43. The normalized spacial score (nSPS) is 18.5. The summed E-state index contributed by atoms with van der Waals surface area (Å²) in [4.78, 5) is 8.45. The first-order valence-corrected chi connectivity index (χ1v) is 8.27. The molecule has 3 heterocycles. The Morgan fingerprint density at radius 3 is 2.90 bits per heavy atom. The van der Waals surface area contributed by atoms with E-state index in [0.29, 0.717) is 6.54 Å². The van der Waals surface area contributed by atoms with Crippen LogP contribution < -0.4 is 4.72 Å². The van der Waals surface area contributed by atoms with Crippen molar-refractivity contribution in [2.75, 3.05) is 0 Å². The summed E-state index contributed by atoms with van der Waals surface area (Å²) < 4.78 is 29.3. The first-order chi connectivity index (χ1) is 9.94. The molecule has 2 aromatic rings. The van der Waals surface area contributed by atoms with E-state index in [9.17, 15) is 8.42 Å². The zero-order chi connectivity index (χ0) is 15.0. The average Bonchev–Trinajstić information content (AvgIpc) is 2.77. The highest BCUT2D eigenvalue weighted by Crippen LogP contribution is 2.16. The van der Waals surface area contributed by atoms with Crippen LogP contribution in [0.15, 0.2) is 23.4 Å². The van der Waals surface area contributed by atoms with Gasteiger partial charge in [0.15, 0.2) is 0 Å². The molecule has 1 aliphatic heterocycles. The molecule has 0 fully saturated rings. The van der Waals surface area contributed by atoms with Crippen LogP contribution in [0, 0.1) is 13.8 Å². The molecule has 112 valence electrons. The van der Waals surface area contributed by atoms with E-state index < -0.39 is 10.0 Å². The third-order valence-corrected chi connectivity index (χ3v) is 4.93. The Labute approximate surface area is 123 Å². The zero-order valence-electron chi connectivity index (χ0n) is 11.9. The van der Waals surface area contributed by atoms with Gasteiger partial charge in [0.1, 0.15) is 16.5 Å². The molecule has 0 aliphatic carbocycles. The summed E-state index contributed by atoms with van der Waals surface area (Å²) in [7, 11) is -3.55. The van der Waals surface area contributed by atoms with Gasteiger partial charge < -0.3 is 0 Å². The van der Waals surface area contributed by atoms with E-state index in [4.69, 9.17) is 0 Å². The van der Waals surface area contributed by atoms with Crippen LogP contribution in [0.25, 0.3) is 0 Å². The maximum Gasteiger partial charge on any atom is 0.242 e. The van der Waals surface area contributed by atoms with E-state index in [2.05, 4.69) is 19.8 Å². The van der Waals surface area contributed by atoms with E-state index >= 15 is 0 Å². The molecule has 1 unspecified atom stereocenters. The number of sulfonamides is 1. The van der Waals surface area contributed by atoms with Gasteiger partial charge in [-0.15, -0.1) is 0 Å². The van der Waals surface area contributed by atoms with Crippen LogP contribution in [0.3, 0.4) is 0 Å². The van der Waals surface area contributed by atoms with Crippen LogP contribution in [0.1, 0.15) is 23.6 Å². The maximum atomic E-state index is 12.4. The third kappa shape index (κ3) is 2.96. The van der Waals surface area contributed by atoms with Gasteiger partial charge in [-0.2, -0.15) is 5.10 Å². The van der Waals surface area contributed by atoms with E-state index in [1.54, 1.807) is 16.9 Å². The molecule has 1 N–H and O–H groups in total. The molecule has 0 amide bonds. The Morgan fingerprint density at radius 2 is 2.14 bits per heavy atom. The molecule has 0 bridgehead atoms. The molecule has 2 aromatic heterocycles. The monoisotopic (exact) mass is 307 g/mol. The predicted molar refractivity (Wildman–Crippen MR) is 76.2 cm³/mol. The van der Waals surface area contributed by atoms with Gasteiger partial charge in [0.05, 0.1) is 6.54 Å². The van der Waals surface area contributed by atoms with Gasteiger partial charge in [-0.05, 0) is 31.9 Å². The summed E-state index contributed by atoms with van der Waals surface area (Å²) in [6, 6.07) is 1.44. The van der Waals surface area contributed by atoms with Crippen molar-refractivity contribution in [2.45, 2.75) is 44.2 Å². The molecule has 7 nitrogen and oxygen atoms in total. The predicted octanol–water partition coefficient (Wildman–Crippen LogP) is 0.583. The summed E-state index contributed by atoms with van der Waals surface area (Å²) in [5.41, 5.74) is 0.815. The molecule has 0 radical (unpaired) electrons. The Balaban J connectivity index is 1.78. The van der Waals surface area contributed by atoms with Crippen LogP contribution in [-0.4, -0.2) is 34.2 Å². The van der Waals surface area contributed by atoms with Crippen molar-refractivity contribution in [3.63, 3.8) is 0 Å². The fourth-order valence-electron chi connectivity index (χ4n) is 2.49. The molecule has 0 spiro atoms. The minimum Gasteiger partial charge on any atom is -0.263 e. The molecule has 1 atom stereocenters. The van der Waals surface area contributed by atoms with E-state index in [1.807, 2.05) is 13.8 Å². The summed E-state index contributed by atoms with van der Waals surface area (Å²) in [5, 5.41) is 4.28. The van der Waals surface area contributed by atoms with Crippen LogP contribution in [0.2, 0.25) is 0 Å². The van der Waals surface area contributed by atoms with Gasteiger partial charge in [-0.25, -0.2) is 22.8 Å². The van der Waals surface area contributed by atoms with Crippen LogP contribution >= 0.6 is 0 Å². The molecule has 0 saturated heterocycles. The lowest BCUT2D eigenvalue weighted by molar-refractivity contribution is 0.395. The summed E-state index contributed by atoms with van der Waals surface area (Å²) in [5.74, 6) is 1.64. The van der Waals surface area contributed by atoms with Crippen LogP contribution in [0.4, 0.5) is 0 Å². The topological polar surface area (TPSA) is 89.8 Å². The quantitative estimate of drug-likeness (QED) is 0.896. The first kappa shape index (κ1) is 14.2. The highest BCUT2D eigenvalue weighted by Gasteiger charge is 2.26. The molecule has 1 aliphatic rings. The number of hydrogen-bond acceptors (Lipinski definition) is 5. The summed E-state index contributed by atoms with van der Waals surface area (Å²) in [6.45, 7) is 4.16. The fraction of sp³-hybridized carbons (Fsp3) is 0.462. The van der Waals surface area contributed by atoms with Gasteiger partial charge in [-0.3, -0.25) is 4.98 Å². The van der Waals surface area contributed by atoms with Crippen molar-refractivity contribution in [2.24, 2.45) is 0 Å². The number of aryl methyl sites for hydroxylation is 3. The number of hydrogen-bond donors (Lipinski definition) is 1. The third-order valence-electron chi connectivity index (χ3n) is 3.45. The highest BCUT2D eigenvalue weighted by atomic mass is 32.2. The second kappa shape index (κ2) is 5.19. The van der Waals surface area contributed by atoms with E-state index in [-0.39, 0.29) is 10.9 Å². The Bertz CT molecular complexity index is 769.